The summed E-state index contributed by atoms with van der Waals surface area (Å²) in [6.07, 6.45) is 0.161. The van der Waals surface area contributed by atoms with Gasteiger partial charge in [0, 0.05) is 16.3 Å². The highest BCUT2D eigenvalue weighted by atomic mass is 79.9. The Morgan fingerprint density at radius 1 is 1.39 bits per heavy atom. The van der Waals surface area contributed by atoms with Crippen LogP contribution in [0, 0.1) is 0 Å². The Labute approximate surface area is 121 Å². The largest absolute Gasteiger partial charge is 0.291 e. The Hall–Kier alpha value is -0.390. The molecule has 0 saturated heterocycles. The first kappa shape index (κ1) is 15.7. The van der Waals surface area contributed by atoms with Gasteiger partial charge in [-0.15, -0.1) is 0 Å². The highest BCUT2D eigenvalue weighted by molar-refractivity contribution is 9.12. The molecule has 1 atom stereocenters. The fourth-order valence-electron chi connectivity index (χ4n) is 1.60. The van der Waals surface area contributed by atoms with Crippen molar-refractivity contribution in [1.82, 2.24) is 0 Å². The van der Waals surface area contributed by atoms with Crippen molar-refractivity contribution >= 4 is 43.2 Å². The van der Waals surface area contributed by atoms with Crippen LogP contribution in [0.25, 0.3) is 0 Å². The molecule has 100 valence electrons. The molecule has 0 heterocycles. The van der Waals surface area contributed by atoms with Crippen LogP contribution < -0.4 is 0 Å². The van der Waals surface area contributed by atoms with Crippen molar-refractivity contribution in [3.63, 3.8) is 0 Å². The summed E-state index contributed by atoms with van der Waals surface area (Å²) in [5, 5.41) is 0.403. The molecule has 0 aromatic heterocycles. The molecule has 3 nitrogen and oxygen atoms in total. The van der Waals surface area contributed by atoms with Gasteiger partial charge in [0.2, 0.25) is 0 Å². The van der Waals surface area contributed by atoms with Gasteiger partial charge in [0.05, 0.1) is 0 Å². The van der Waals surface area contributed by atoms with E-state index in [1.54, 1.807) is 25.1 Å². The van der Waals surface area contributed by atoms with E-state index in [2.05, 4.69) is 15.9 Å². The Kier molecular flexibility index (Phi) is 4.98. The molecule has 0 fully saturated rings. The molecule has 0 bridgehead atoms. The lowest BCUT2D eigenvalue weighted by Crippen LogP contribution is -2.41. The molecule has 0 N–H and O–H groups in total. The second-order valence-corrected chi connectivity index (χ2v) is 8.64. The van der Waals surface area contributed by atoms with Crippen LogP contribution in [0.1, 0.15) is 30.6 Å². The van der Waals surface area contributed by atoms with Crippen molar-refractivity contribution in [3.05, 3.63) is 34.9 Å². The monoisotopic (exact) mass is 352 g/mol. The molecule has 0 aliphatic rings. The molecule has 0 spiro atoms. The number of alkyl halides is 1. The Bertz CT molecular complexity index is 556. The zero-order valence-corrected chi connectivity index (χ0v) is 13.3. The summed E-state index contributed by atoms with van der Waals surface area (Å²) in [5.41, 5.74) is 0.290. The van der Waals surface area contributed by atoms with E-state index in [4.69, 9.17) is 11.6 Å². The fourth-order valence-corrected chi connectivity index (χ4v) is 4.00. The Balaban J connectivity index is 3.31. The number of hydrogen-bond donors (Lipinski definition) is 0. The van der Waals surface area contributed by atoms with Crippen LogP contribution in [0.5, 0.6) is 0 Å². The predicted octanol–water partition coefficient (Wildman–Crippen LogP) is 3.46. The van der Waals surface area contributed by atoms with E-state index in [0.717, 1.165) is 0 Å². The molecular weight excluding hydrogens is 340 g/mol. The van der Waals surface area contributed by atoms with Crippen molar-refractivity contribution in [1.29, 1.82) is 0 Å². The summed E-state index contributed by atoms with van der Waals surface area (Å²) in [6, 6.07) is 6.29. The lowest BCUT2D eigenvalue weighted by Gasteiger charge is -2.24. The number of carbonyl (C=O) groups excluding carboxylic acids is 1. The lowest BCUT2D eigenvalue weighted by atomic mass is 10.1. The standard InChI is InChI=1S/C12H14BrClO3S/c1-3-12(13,18(16,17)4-2)11(15)9-6-5-7-10(14)8-9/h5-8H,3-4H2,1-2H3/t12-/m0/s1. The summed E-state index contributed by atoms with van der Waals surface area (Å²) >= 11 is 8.93. The number of hydrogen-bond acceptors (Lipinski definition) is 3. The third-order valence-corrected chi connectivity index (χ3v) is 7.61. The molecule has 0 radical (unpaired) electrons. The van der Waals surface area contributed by atoms with Crippen LogP contribution in [0.15, 0.2) is 24.3 Å². The lowest BCUT2D eigenvalue weighted by molar-refractivity contribution is 0.0976. The topological polar surface area (TPSA) is 51.2 Å². The molecule has 6 heteroatoms. The van der Waals surface area contributed by atoms with E-state index in [9.17, 15) is 13.2 Å². The quantitative estimate of drug-likeness (QED) is 0.602. The van der Waals surface area contributed by atoms with Crippen LogP contribution in [0.2, 0.25) is 5.02 Å². The van der Waals surface area contributed by atoms with Gasteiger partial charge in [-0.05, 0) is 18.6 Å². The first-order chi connectivity index (χ1) is 8.28. The van der Waals surface area contributed by atoms with Crippen LogP contribution in [-0.2, 0) is 9.84 Å². The molecule has 0 saturated carbocycles. The Morgan fingerprint density at radius 3 is 2.44 bits per heavy atom. The second-order valence-electron chi connectivity index (χ2n) is 3.82. The first-order valence-corrected chi connectivity index (χ1v) is 8.32. The maximum absolute atomic E-state index is 12.4. The van der Waals surface area contributed by atoms with E-state index < -0.39 is 19.3 Å². The Morgan fingerprint density at radius 2 is 2.00 bits per heavy atom. The highest BCUT2D eigenvalue weighted by Crippen LogP contribution is 2.34. The van der Waals surface area contributed by atoms with Gasteiger partial charge in [0.15, 0.2) is 19.3 Å². The number of ketones is 1. The minimum Gasteiger partial charge on any atom is -0.291 e. The molecule has 0 unspecified atom stereocenters. The summed E-state index contributed by atoms with van der Waals surface area (Å²) < 4.78 is 22.5. The van der Waals surface area contributed by atoms with E-state index in [1.807, 2.05) is 0 Å². The minimum atomic E-state index is -3.55. The van der Waals surface area contributed by atoms with Crippen molar-refractivity contribution < 1.29 is 13.2 Å². The third-order valence-electron chi connectivity index (χ3n) is 2.75. The van der Waals surface area contributed by atoms with Gasteiger partial charge in [-0.1, -0.05) is 53.5 Å². The van der Waals surface area contributed by atoms with Crippen molar-refractivity contribution in [2.45, 2.75) is 23.9 Å². The van der Waals surface area contributed by atoms with Gasteiger partial charge in [0.25, 0.3) is 0 Å². The van der Waals surface area contributed by atoms with Gasteiger partial charge in [-0.25, -0.2) is 8.42 Å². The number of halogens is 2. The van der Waals surface area contributed by atoms with E-state index in [1.165, 1.54) is 13.0 Å². The molecule has 0 amide bonds. The maximum Gasteiger partial charge on any atom is 0.194 e. The maximum atomic E-state index is 12.4. The van der Waals surface area contributed by atoms with Crippen LogP contribution in [-0.4, -0.2) is 23.6 Å². The van der Waals surface area contributed by atoms with Crippen molar-refractivity contribution in [2.24, 2.45) is 0 Å². The molecule has 0 aliphatic carbocycles. The van der Waals surface area contributed by atoms with Gasteiger partial charge >= 0.3 is 0 Å². The summed E-state index contributed by atoms with van der Waals surface area (Å²) in [5.74, 6) is -0.576. The number of benzene rings is 1. The number of Topliss-reactive ketones (excluding diaryl/α,β-unsaturated/α-hetero) is 1. The fraction of sp³-hybridized carbons (Fsp3) is 0.417. The van der Waals surface area contributed by atoms with E-state index in [-0.39, 0.29) is 12.2 Å². The van der Waals surface area contributed by atoms with E-state index >= 15 is 0 Å². The molecule has 1 aromatic rings. The average Bonchev–Trinajstić information content (AvgIpc) is 2.36. The SMILES string of the molecule is CC[C@@](Br)(C(=O)c1cccc(Cl)c1)S(=O)(=O)CC. The van der Waals surface area contributed by atoms with Gasteiger partial charge in [-0.2, -0.15) is 0 Å². The van der Waals surface area contributed by atoms with Crippen molar-refractivity contribution in [3.8, 4) is 0 Å². The highest BCUT2D eigenvalue weighted by Gasteiger charge is 2.45. The predicted molar refractivity (Wildman–Crippen MR) is 77.2 cm³/mol. The minimum absolute atomic E-state index is 0.0988. The van der Waals surface area contributed by atoms with Crippen LogP contribution in [0.4, 0.5) is 0 Å². The van der Waals surface area contributed by atoms with Gasteiger partial charge < -0.3 is 0 Å². The summed E-state index contributed by atoms with van der Waals surface area (Å²) in [7, 11) is -3.55. The van der Waals surface area contributed by atoms with Crippen molar-refractivity contribution in [2.75, 3.05) is 5.75 Å². The zero-order chi connectivity index (χ0) is 14.0. The summed E-state index contributed by atoms with van der Waals surface area (Å²) in [6.45, 7) is 3.18. The van der Waals surface area contributed by atoms with E-state index in [0.29, 0.717) is 10.6 Å². The second kappa shape index (κ2) is 5.72. The number of carbonyl (C=O) groups is 1. The molecule has 0 aliphatic heterocycles. The average molecular weight is 354 g/mol. The number of sulfone groups is 1. The zero-order valence-electron chi connectivity index (χ0n) is 10.1. The van der Waals surface area contributed by atoms with Crippen LogP contribution >= 0.6 is 27.5 Å². The number of rotatable bonds is 5. The normalized spacial score (nSPS) is 15.1. The van der Waals surface area contributed by atoms with Crippen LogP contribution in [0.3, 0.4) is 0 Å². The van der Waals surface area contributed by atoms with Gasteiger partial charge in [0.1, 0.15) is 0 Å². The smallest absolute Gasteiger partial charge is 0.194 e. The first-order valence-electron chi connectivity index (χ1n) is 5.50. The molecule has 1 rings (SSSR count). The molecule has 18 heavy (non-hydrogen) atoms. The molecule has 1 aromatic carbocycles. The van der Waals surface area contributed by atoms with Gasteiger partial charge in [-0.3, -0.25) is 4.79 Å². The third kappa shape index (κ3) is 2.78. The molecular formula is C12H14BrClO3S. The summed E-state index contributed by atoms with van der Waals surface area (Å²) in [4.78, 5) is 12.4.